The van der Waals surface area contributed by atoms with E-state index in [0.717, 1.165) is 0 Å². The number of aliphatic hydroxyl groups is 1. The minimum atomic E-state index is -3.14. The van der Waals surface area contributed by atoms with Crippen molar-refractivity contribution >= 4 is 10.0 Å². The van der Waals surface area contributed by atoms with E-state index in [1.807, 2.05) is 6.92 Å². The van der Waals surface area contributed by atoms with Gasteiger partial charge in [0.1, 0.15) is 5.60 Å². The first kappa shape index (κ1) is 11.3. The first-order valence-electron chi connectivity index (χ1n) is 5.19. The highest BCUT2D eigenvalue weighted by Gasteiger charge is 2.41. The summed E-state index contributed by atoms with van der Waals surface area (Å²) in [5, 5.41) is 10.0. The van der Waals surface area contributed by atoms with E-state index in [9.17, 15) is 13.5 Å². The molecule has 0 aromatic carbocycles. The van der Waals surface area contributed by atoms with Gasteiger partial charge < -0.3 is 9.84 Å². The van der Waals surface area contributed by atoms with Crippen molar-refractivity contribution in [1.29, 1.82) is 0 Å². The lowest BCUT2D eigenvalue weighted by molar-refractivity contribution is 0.0123. The lowest BCUT2D eigenvalue weighted by Gasteiger charge is -2.25. The van der Waals surface area contributed by atoms with E-state index < -0.39 is 15.6 Å². The molecule has 2 unspecified atom stereocenters. The standard InChI is InChI=1S/C9H17NO4S/c1-8-4-10(15(12,13)5-8)6-9(11)2-3-14-7-9/h8,11H,2-7H2,1H3. The van der Waals surface area contributed by atoms with Crippen molar-refractivity contribution in [2.45, 2.75) is 18.9 Å². The molecule has 2 heterocycles. The first-order valence-corrected chi connectivity index (χ1v) is 6.80. The molecule has 0 amide bonds. The number of ether oxygens (including phenoxy) is 1. The highest BCUT2D eigenvalue weighted by atomic mass is 32.2. The van der Waals surface area contributed by atoms with Gasteiger partial charge in [-0.15, -0.1) is 0 Å². The number of sulfonamides is 1. The Morgan fingerprint density at radius 1 is 1.60 bits per heavy atom. The monoisotopic (exact) mass is 235 g/mol. The Labute approximate surface area is 90.1 Å². The smallest absolute Gasteiger partial charge is 0.214 e. The second kappa shape index (κ2) is 3.69. The van der Waals surface area contributed by atoms with Crippen molar-refractivity contribution in [3.8, 4) is 0 Å². The molecule has 5 nitrogen and oxygen atoms in total. The third-order valence-electron chi connectivity index (χ3n) is 2.96. The average molecular weight is 235 g/mol. The van der Waals surface area contributed by atoms with Crippen LogP contribution < -0.4 is 0 Å². The molecule has 0 saturated carbocycles. The number of hydrogen-bond donors (Lipinski definition) is 1. The van der Waals surface area contributed by atoms with Gasteiger partial charge in [-0.1, -0.05) is 6.92 Å². The molecule has 0 aromatic rings. The lowest BCUT2D eigenvalue weighted by Crippen LogP contribution is -2.44. The molecule has 0 bridgehead atoms. The van der Waals surface area contributed by atoms with Gasteiger partial charge in [-0.25, -0.2) is 8.42 Å². The summed E-state index contributed by atoms with van der Waals surface area (Å²) in [6.07, 6.45) is 0.521. The Balaban J connectivity index is 2.06. The Kier molecular flexibility index (Phi) is 2.79. The van der Waals surface area contributed by atoms with Crippen molar-refractivity contribution in [3.63, 3.8) is 0 Å². The molecule has 1 N–H and O–H groups in total. The molecule has 2 rings (SSSR count). The first-order chi connectivity index (χ1) is 6.91. The average Bonchev–Trinajstić information content (AvgIpc) is 2.58. The van der Waals surface area contributed by atoms with Gasteiger partial charge in [0, 0.05) is 26.1 Å². The third-order valence-corrected chi connectivity index (χ3v) is 5.01. The normalized spacial score (nSPS) is 41.1. The Morgan fingerprint density at radius 2 is 2.33 bits per heavy atom. The number of rotatable bonds is 2. The Hall–Kier alpha value is -0.170. The fraction of sp³-hybridized carbons (Fsp3) is 1.00. The molecule has 0 aromatic heterocycles. The van der Waals surface area contributed by atoms with E-state index in [1.165, 1.54) is 4.31 Å². The maximum atomic E-state index is 11.7. The van der Waals surface area contributed by atoms with Crippen LogP contribution in [0.5, 0.6) is 0 Å². The van der Waals surface area contributed by atoms with Gasteiger partial charge in [0.25, 0.3) is 0 Å². The summed E-state index contributed by atoms with van der Waals surface area (Å²) in [6, 6.07) is 0. The van der Waals surface area contributed by atoms with Crippen LogP contribution in [0.1, 0.15) is 13.3 Å². The van der Waals surface area contributed by atoms with E-state index in [0.29, 0.717) is 19.6 Å². The molecule has 6 heteroatoms. The summed E-state index contributed by atoms with van der Waals surface area (Å²) in [4.78, 5) is 0. The summed E-state index contributed by atoms with van der Waals surface area (Å²) in [5.74, 6) is 0.352. The molecule has 2 atom stereocenters. The van der Waals surface area contributed by atoms with Crippen LogP contribution in [0.15, 0.2) is 0 Å². The second-order valence-corrected chi connectivity index (χ2v) is 6.72. The van der Waals surface area contributed by atoms with Gasteiger partial charge in [-0.05, 0) is 5.92 Å². The predicted octanol–water partition coefficient (Wildman–Crippen LogP) is -0.581. The summed E-state index contributed by atoms with van der Waals surface area (Å²) in [7, 11) is -3.14. The van der Waals surface area contributed by atoms with E-state index in [-0.39, 0.29) is 24.8 Å². The largest absolute Gasteiger partial charge is 0.386 e. The third kappa shape index (κ3) is 2.33. The van der Waals surface area contributed by atoms with Crippen LogP contribution in [0.3, 0.4) is 0 Å². The second-order valence-electron chi connectivity index (χ2n) is 4.70. The molecule has 2 saturated heterocycles. The van der Waals surface area contributed by atoms with Crippen LogP contribution in [-0.4, -0.2) is 55.5 Å². The molecule has 0 spiro atoms. The van der Waals surface area contributed by atoms with Crippen LogP contribution in [0.2, 0.25) is 0 Å². The zero-order valence-electron chi connectivity index (χ0n) is 8.85. The fourth-order valence-electron chi connectivity index (χ4n) is 2.19. The van der Waals surface area contributed by atoms with Crippen LogP contribution >= 0.6 is 0 Å². The van der Waals surface area contributed by atoms with Crippen molar-refractivity contribution in [2.75, 3.05) is 32.1 Å². The highest BCUT2D eigenvalue weighted by molar-refractivity contribution is 7.89. The molecule has 2 fully saturated rings. The van der Waals surface area contributed by atoms with Gasteiger partial charge >= 0.3 is 0 Å². The molecule has 0 aliphatic carbocycles. The molecular formula is C9H17NO4S. The summed E-state index contributed by atoms with van der Waals surface area (Å²) < 4.78 is 29.8. The molecule has 88 valence electrons. The van der Waals surface area contributed by atoms with Crippen molar-refractivity contribution in [1.82, 2.24) is 4.31 Å². The van der Waals surface area contributed by atoms with Gasteiger partial charge in [0.05, 0.1) is 12.4 Å². The molecule has 2 aliphatic heterocycles. The lowest BCUT2D eigenvalue weighted by atomic mass is 10.0. The number of nitrogens with zero attached hydrogens (tertiary/aromatic N) is 1. The molecular weight excluding hydrogens is 218 g/mol. The maximum Gasteiger partial charge on any atom is 0.214 e. The van der Waals surface area contributed by atoms with E-state index in [4.69, 9.17) is 4.74 Å². The number of β-amino-alcohol motifs (C(OH)–C–C–N with tert-alkyl or cyclic N) is 1. The molecule has 15 heavy (non-hydrogen) atoms. The van der Waals surface area contributed by atoms with Crippen molar-refractivity contribution in [2.24, 2.45) is 5.92 Å². The zero-order valence-corrected chi connectivity index (χ0v) is 9.66. The topological polar surface area (TPSA) is 66.8 Å². The van der Waals surface area contributed by atoms with E-state index in [1.54, 1.807) is 0 Å². The number of hydrogen-bond acceptors (Lipinski definition) is 4. The summed E-state index contributed by atoms with van der Waals surface area (Å²) in [5.41, 5.74) is -0.975. The van der Waals surface area contributed by atoms with Crippen molar-refractivity contribution in [3.05, 3.63) is 0 Å². The summed E-state index contributed by atoms with van der Waals surface area (Å²) in [6.45, 7) is 3.37. The van der Waals surface area contributed by atoms with E-state index in [2.05, 4.69) is 0 Å². The van der Waals surface area contributed by atoms with E-state index >= 15 is 0 Å². The van der Waals surface area contributed by atoms with Gasteiger partial charge in [-0.3, -0.25) is 0 Å². The highest BCUT2D eigenvalue weighted by Crippen LogP contribution is 2.25. The van der Waals surface area contributed by atoms with Crippen LogP contribution in [0.4, 0.5) is 0 Å². The minimum Gasteiger partial charge on any atom is -0.386 e. The van der Waals surface area contributed by atoms with Crippen LogP contribution in [-0.2, 0) is 14.8 Å². The van der Waals surface area contributed by atoms with Crippen molar-refractivity contribution < 1.29 is 18.3 Å². The van der Waals surface area contributed by atoms with Crippen LogP contribution in [0, 0.1) is 5.92 Å². The van der Waals surface area contributed by atoms with Gasteiger partial charge in [-0.2, -0.15) is 4.31 Å². The summed E-state index contributed by atoms with van der Waals surface area (Å²) >= 11 is 0. The maximum absolute atomic E-state index is 11.7. The van der Waals surface area contributed by atoms with Gasteiger partial charge in [0.2, 0.25) is 10.0 Å². The van der Waals surface area contributed by atoms with Gasteiger partial charge in [0.15, 0.2) is 0 Å². The predicted molar refractivity (Wildman–Crippen MR) is 54.9 cm³/mol. The van der Waals surface area contributed by atoms with Crippen LogP contribution in [0.25, 0.3) is 0 Å². The molecule has 0 radical (unpaired) electrons. The Morgan fingerprint density at radius 3 is 2.80 bits per heavy atom. The SMILES string of the molecule is CC1CN(CC2(O)CCOC2)S(=O)(=O)C1. The zero-order chi connectivity index (χ0) is 11.1. The fourth-order valence-corrected chi connectivity index (χ4v) is 4.15. The molecule has 2 aliphatic rings. The Bertz CT molecular complexity index is 334. The minimum absolute atomic E-state index is 0.154. The quantitative estimate of drug-likeness (QED) is 0.695.